The number of aromatic amines is 1. The van der Waals surface area contributed by atoms with Crippen LogP contribution in [0.2, 0.25) is 0 Å². The molecule has 1 aromatic heterocycles. The van der Waals surface area contributed by atoms with E-state index in [1.165, 1.54) is 11.8 Å². The fourth-order valence-electron chi connectivity index (χ4n) is 3.27. The Labute approximate surface area is 195 Å². The molecule has 2 N–H and O–H groups in total. The van der Waals surface area contributed by atoms with E-state index < -0.39 is 11.2 Å². The van der Waals surface area contributed by atoms with Crippen LogP contribution in [0.25, 0.3) is 11.0 Å². The molecule has 7 nitrogen and oxygen atoms in total. The van der Waals surface area contributed by atoms with E-state index in [2.05, 4.69) is 15.3 Å². The number of esters is 1. The molecule has 0 fully saturated rings. The molecule has 33 heavy (non-hydrogen) atoms. The van der Waals surface area contributed by atoms with E-state index in [9.17, 15) is 9.59 Å². The maximum Gasteiger partial charge on any atom is 0.338 e. The van der Waals surface area contributed by atoms with E-state index in [1.807, 2.05) is 48.5 Å². The van der Waals surface area contributed by atoms with Crippen molar-refractivity contribution in [1.29, 1.82) is 0 Å². The molecule has 0 saturated heterocycles. The number of nitrogens with zero attached hydrogens (tertiary/aromatic N) is 1. The summed E-state index contributed by atoms with van der Waals surface area (Å²) in [7, 11) is 1.61. The van der Waals surface area contributed by atoms with Crippen molar-refractivity contribution in [3.05, 3.63) is 83.9 Å². The van der Waals surface area contributed by atoms with Gasteiger partial charge in [0.25, 0.3) is 0 Å². The summed E-state index contributed by atoms with van der Waals surface area (Å²) in [5.41, 5.74) is 3.49. The van der Waals surface area contributed by atoms with Gasteiger partial charge in [-0.2, -0.15) is 0 Å². The summed E-state index contributed by atoms with van der Waals surface area (Å²) < 4.78 is 10.3. The third-order valence-electron chi connectivity index (χ3n) is 4.90. The number of amides is 1. The van der Waals surface area contributed by atoms with Crippen molar-refractivity contribution in [2.24, 2.45) is 0 Å². The van der Waals surface area contributed by atoms with Gasteiger partial charge in [-0.05, 0) is 48.9 Å². The lowest BCUT2D eigenvalue weighted by Gasteiger charge is -2.16. The average Bonchev–Trinajstić information content (AvgIpc) is 3.25. The molecule has 0 saturated carbocycles. The highest BCUT2D eigenvalue weighted by Gasteiger charge is 2.24. The molecule has 168 valence electrons. The summed E-state index contributed by atoms with van der Waals surface area (Å²) in [5, 5.41) is 3.02. The number of rotatable bonds is 8. The number of hydrogen-bond acceptors (Lipinski definition) is 6. The van der Waals surface area contributed by atoms with E-state index >= 15 is 0 Å². The molecule has 0 bridgehead atoms. The van der Waals surface area contributed by atoms with Crippen LogP contribution in [0.4, 0.5) is 5.69 Å². The van der Waals surface area contributed by atoms with Gasteiger partial charge in [0.05, 0.1) is 30.3 Å². The quantitative estimate of drug-likeness (QED) is 0.276. The molecular formula is C25H23N3O4S. The third kappa shape index (κ3) is 5.35. The number of carbonyl (C=O) groups is 2. The number of fused-ring (bicyclic) bond motifs is 1. The van der Waals surface area contributed by atoms with Gasteiger partial charge in [0.2, 0.25) is 5.91 Å². The Balaban J connectivity index is 1.56. The Morgan fingerprint density at radius 2 is 1.82 bits per heavy atom. The lowest BCUT2D eigenvalue weighted by Crippen LogP contribution is -2.19. The number of nitrogens with one attached hydrogen (secondary N) is 2. The summed E-state index contributed by atoms with van der Waals surface area (Å²) in [6, 6.07) is 21.7. The van der Waals surface area contributed by atoms with Gasteiger partial charge in [-0.1, -0.05) is 42.1 Å². The van der Waals surface area contributed by atoms with Crippen LogP contribution in [0.1, 0.15) is 28.1 Å². The van der Waals surface area contributed by atoms with Gasteiger partial charge in [-0.15, -0.1) is 0 Å². The molecule has 1 amide bonds. The van der Waals surface area contributed by atoms with Crippen molar-refractivity contribution < 1.29 is 19.1 Å². The molecule has 4 rings (SSSR count). The second-order valence-corrected chi connectivity index (χ2v) is 8.21. The predicted molar refractivity (Wildman–Crippen MR) is 129 cm³/mol. The average molecular weight is 462 g/mol. The smallest absolute Gasteiger partial charge is 0.338 e. The van der Waals surface area contributed by atoms with Crippen LogP contribution >= 0.6 is 11.8 Å². The topological polar surface area (TPSA) is 93.3 Å². The Morgan fingerprint density at radius 3 is 2.52 bits per heavy atom. The number of methoxy groups -OCH3 is 1. The molecule has 1 heterocycles. The summed E-state index contributed by atoms with van der Waals surface area (Å²) >= 11 is 1.33. The van der Waals surface area contributed by atoms with Crippen molar-refractivity contribution in [3.8, 4) is 5.75 Å². The normalized spacial score (nSPS) is 11.7. The Bertz CT molecular complexity index is 1260. The number of benzene rings is 3. The van der Waals surface area contributed by atoms with E-state index in [1.54, 1.807) is 38.3 Å². The number of aromatic nitrogens is 2. The Kier molecular flexibility index (Phi) is 6.95. The van der Waals surface area contributed by atoms with Gasteiger partial charge in [-0.3, -0.25) is 4.79 Å². The van der Waals surface area contributed by atoms with Crippen molar-refractivity contribution >= 4 is 40.4 Å². The van der Waals surface area contributed by atoms with Crippen LogP contribution in [0, 0.1) is 0 Å². The Morgan fingerprint density at radius 1 is 1.06 bits per heavy atom. The number of anilines is 1. The highest BCUT2D eigenvalue weighted by Crippen LogP contribution is 2.36. The molecule has 0 aliphatic rings. The fraction of sp³-hybridized carbons (Fsp3) is 0.160. The Hall–Kier alpha value is -3.78. The molecule has 0 unspecified atom stereocenters. The number of thioether (sulfide) groups is 1. The van der Waals surface area contributed by atoms with Crippen LogP contribution in [0.3, 0.4) is 0 Å². The minimum Gasteiger partial charge on any atom is -0.497 e. The first-order valence-corrected chi connectivity index (χ1v) is 11.3. The molecule has 0 aliphatic carbocycles. The minimum absolute atomic E-state index is 0.201. The second kappa shape index (κ2) is 10.2. The van der Waals surface area contributed by atoms with Gasteiger partial charge in [0, 0.05) is 11.8 Å². The van der Waals surface area contributed by atoms with E-state index in [4.69, 9.17) is 9.47 Å². The van der Waals surface area contributed by atoms with Gasteiger partial charge in [-0.25, -0.2) is 9.78 Å². The standard InChI is InChI=1S/C25H23N3O4S/c1-3-32-24(30)17-9-11-18(12-10-17)26-23(29)22(16-7-5-4-6-8-16)33-25-27-20-14-13-19(31-2)15-21(20)28-25/h4-15,22H,3H2,1-2H3,(H,26,29)(H,27,28)/t22-/m1/s1. The van der Waals surface area contributed by atoms with E-state index in [0.717, 1.165) is 22.3 Å². The summed E-state index contributed by atoms with van der Waals surface area (Å²) in [6.07, 6.45) is 0. The zero-order valence-corrected chi connectivity index (χ0v) is 19.0. The number of H-pyrrole nitrogens is 1. The number of hydrogen-bond donors (Lipinski definition) is 2. The molecule has 1 atom stereocenters. The highest BCUT2D eigenvalue weighted by atomic mass is 32.2. The molecule has 4 aromatic rings. The van der Waals surface area contributed by atoms with Crippen molar-refractivity contribution in [2.75, 3.05) is 19.0 Å². The zero-order chi connectivity index (χ0) is 23.2. The summed E-state index contributed by atoms with van der Waals surface area (Å²) in [6.45, 7) is 2.06. The zero-order valence-electron chi connectivity index (χ0n) is 18.2. The first kappa shape index (κ1) is 22.4. The highest BCUT2D eigenvalue weighted by molar-refractivity contribution is 8.00. The van der Waals surface area contributed by atoms with Crippen LogP contribution < -0.4 is 10.1 Å². The summed E-state index contributed by atoms with van der Waals surface area (Å²) in [4.78, 5) is 33.0. The fourth-order valence-corrected chi connectivity index (χ4v) is 4.27. The number of carbonyl (C=O) groups excluding carboxylic acids is 2. The van der Waals surface area contributed by atoms with E-state index in [-0.39, 0.29) is 5.91 Å². The molecule has 8 heteroatoms. The maximum atomic E-state index is 13.3. The SMILES string of the molecule is CCOC(=O)c1ccc(NC(=O)[C@H](Sc2nc3ccc(OC)cc3[nH]2)c2ccccc2)cc1. The van der Waals surface area contributed by atoms with Crippen molar-refractivity contribution in [1.82, 2.24) is 9.97 Å². The van der Waals surface area contributed by atoms with Gasteiger partial charge >= 0.3 is 5.97 Å². The van der Waals surface area contributed by atoms with Gasteiger partial charge in [0.1, 0.15) is 11.0 Å². The molecule has 0 aliphatic heterocycles. The van der Waals surface area contributed by atoms with Crippen LogP contribution in [0.5, 0.6) is 5.75 Å². The first-order valence-electron chi connectivity index (χ1n) is 10.4. The number of ether oxygens (including phenoxy) is 2. The first-order chi connectivity index (χ1) is 16.1. The van der Waals surface area contributed by atoms with E-state index in [0.29, 0.717) is 23.0 Å². The third-order valence-corrected chi connectivity index (χ3v) is 6.04. The molecular weight excluding hydrogens is 438 g/mol. The minimum atomic E-state index is -0.543. The van der Waals surface area contributed by atoms with Crippen LogP contribution in [-0.4, -0.2) is 35.6 Å². The largest absolute Gasteiger partial charge is 0.497 e. The monoisotopic (exact) mass is 461 g/mol. The van der Waals surface area contributed by atoms with Crippen molar-refractivity contribution in [2.45, 2.75) is 17.3 Å². The van der Waals surface area contributed by atoms with Crippen LogP contribution in [-0.2, 0) is 9.53 Å². The molecule has 0 radical (unpaired) electrons. The summed E-state index contributed by atoms with van der Waals surface area (Å²) in [5.74, 6) is 0.133. The van der Waals surface area contributed by atoms with Gasteiger partial charge < -0.3 is 19.8 Å². The number of imidazole rings is 1. The predicted octanol–water partition coefficient (Wildman–Crippen LogP) is 5.22. The lowest BCUT2D eigenvalue weighted by molar-refractivity contribution is -0.115. The van der Waals surface area contributed by atoms with Crippen molar-refractivity contribution in [3.63, 3.8) is 0 Å². The lowest BCUT2D eigenvalue weighted by atomic mass is 10.1. The molecule has 0 spiro atoms. The maximum absolute atomic E-state index is 13.3. The van der Waals surface area contributed by atoms with Gasteiger partial charge in [0.15, 0.2) is 5.16 Å². The van der Waals surface area contributed by atoms with Crippen LogP contribution in [0.15, 0.2) is 78.0 Å². The molecule has 3 aromatic carbocycles. The second-order valence-electron chi connectivity index (χ2n) is 7.12.